The molecule has 0 saturated carbocycles. The molecule has 0 spiro atoms. The number of carbonyl (C=O) groups excluding carboxylic acids is 1. The van der Waals surface area contributed by atoms with Crippen molar-refractivity contribution in [3.63, 3.8) is 0 Å². The van der Waals surface area contributed by atoms with Crippen molar-refractivity contribution in [3.05, 3.63) is 62.7 Å². The maximum absolute atomic E-state index is 12.7. The number of hydrogen-bond donors (Lipinski definition) is 1. The van der Waals surface area contributed by atoms with E-state index in [2.05, 4.69) is 31.9 Å². The van der Waals surface area contributed by atoms with E-state index in [0.717, 1.165) is 88.9 Å². The number of carbonyl (C=O) groups is 1. The first-order valence-electron chi connectivity index (χ1n) is 14.2. The minimum absolute atomic E-state index is 0.0116. The molecular weight excluding hydrogens is 574 g/mol. The number of aromatic nitrogens is 3. The lowest BCUT2D eigenvalue weighted by atomic mass is 9.90. The highest BCUT2D eigenvalue weighted by molar-refractivity contribution is 9.10. The third-order valence-electron chi connectivity index (χ3n) is 8.00. The zero-order valence-electron chi connectivity index (χ0n) is 22.5. The number of pyridine rings is 1. The Labute approximate surface area is 241 Å². The van der Waals surface area contributed by atoms with Gasteiger partial charge in [-0.05, 0) is 78.6 Å². The van der Waals surface area contributed by atoms with Gasteiger partial charge in [-0.3, -0.25) is 9.59 Å². The molecule has 0 radical (unpaired) electrons. The van der Waals surface area contributed by atoms with Gasteiger partial charge in [0.15, 0.2) is 11.4 Å². The fraction of sp³-hybridized carbons (Fsp3) is 0.467. The maximum Gasteiger partial charge on any atom is 0.251 e. The highest BCUT2D eigenvalue weighted by Gasteiger charge is 2.26. The number of aromatic amines is 1. The zero-order valence-corrected chi connectivity index (χ0v) is 24.1. The summed E-state index contributed by atoms with van der Waals surface area (Å²) in [5.41, 5.74) is 3.24. The normalized spacial score (nSPS) is 16.4. The quantitative estimate of drug-likeness (QED) is 0.262. The molecule has 3 aromatic heterocycles. The van der Waals surface area contributed by atoms with E-state index in [4.69, 9.17) is 19.1 Å². The first-order chi connectivity index (χ1) is 19.6. The monoisotopic (exact) mass is 607 g/mol. The minimum Gasteiger partial charge on any atom is -0.450 e. The Morgan fingerprint density at radius 1 is 1.10 bits per heavy atom. The molecule has 1 N–H and O–H groups in total. The lowest BCUT2D eigenvalue weighted by Crippen LogP contribution is -2.40. The topological polar surface area (TPSA) is 105 Å². The molecule has 6 rings (SSSR count). The molecule has 0 aliphatic carbocycles. The number of amides is 1. The molecule has 0 bridgehead atoms. The van der Waals surface area contributed by atoms with Crippen molar-refractivity contribution >= 4 is 49.7 Å². The molecule has 2 saturated heterocycles. The van der Waals surface area contributed by atoms with E-state index in [1.165, 1.54) is 12.8 Å². The standard InChI is InChI=1S/C30H34BrN5O4/c31-21-17-23(30(38)32-18-21)20-10-14-35(15-11-20)26(37)19-39-16-6-3-9-25-33-27-22-7-1-2-8-24(22)40-28(27)29(34-25)36-12-4-5-13-36/h1-2,7-8,17-18,20H,3-6,9-16,19H2,(H,32,38). The van der Waals surface area contributed by atoms with E-state index in [9.17, 15) is 9.59 Å². The molecule has 210 valence electrons. The third-order valence-corrected chi connectivity index (χ3v) is 8.46. The highest BCUT2D eigenvalue weighted by Crippen LogP contribution is 2.34. The Kier molecular flexibility index (Phi) is 8.15. The van der Waals surface area contributed by atoms with E-state index in [0.29, 0.717) is 19.7 Å². The second-order valence-electron chi connectivity index (χ2n) is 10.7. The molecule has 2 aliphatic rings. The summed E-state index contributed by atoms with van der Waals surface area (Å²) in [4.78, 5) is 41.6. The molecule has 1 amide bonds. The number of likely N-dealkylation sites (tertiary alicyclic amines) is 1. The Morgan fingerprint density at radius 2 is 1.90 bits per heavy atom. The largest absolute Gasteiger partial charge is 0.450 e. The summed E-state index contributed by atoms with van der Waals surface area (Å²) in [5.74, 6) is 1.91. The van der Waals surface area contributed by atoms with E-state index >= 15 is 0 Å². The predicted octanol–water partition coefficient (Wildman–Crippen LogP) is 5.17. The van der Waals surface area contributed by atoms with Crippen molar-refractivity contribution in [2.24, 2.45) is 0 Å². The molecule has 5 heterocycles. The van der Waals surface area contributed by atoms with Crippen LogP contribution in [0.25, 0.3) is 22.1 Å². The van der Waals surface area contributed by atoms with Gasteiger partial charge in [0.05, 0.1) is 0 Å². The lowest BCUT2D eigenvalue weighted by molar-refractivity contribution is -0.137. The maximum atomic E-state index is 12.7. The Balaban J connectivity index is 0.982. The summed E-state index contributed by atoms with van der Waals surface area (Å²) in [5, 5.41) is 1.02. The number of furan rings is 1. The van der Waals surface area contributed by atoms with Crippen LogP contribution in [0.4, 0.5) is 5.82 Å². The number of hydrogen-bond acceptors (Lipinski definition) is 7. The number of fused-ring (bicyclic) bond motifs is 3. The van der Waals surface area contributed by atoms with Crippen molar-refractivity contribution in [2.75, 3.05) is 44.3 Å². The summed E-state index contributed by atoms with van der Waals surface area (Å²) in [6.07, 6.45) is 7.99. The Morgan fingerprint density at radius 3 is 2.73 bits per heavy atom. The number of rotatable bonds is 9. The van der Waals surface area contributed by atoms with Crippen LogP contribution in [0.15, 0.2) is 50.2 Å². The number of nitrogens with one attached hydrogen (secondary N) is 1. The molecule has 40 heavy (non-hydrogen) atoms. The second kappa shape index (κ2) is 12.1. The summed E-state index contributed by atoms with van der Waals surface area (Å²) < 4.78 is 12.8. The molecular formula is C30H34BrN5O4. The van der Waals surface area contributed by atoms with Crippen LogP contribution in [0.2, 0.25) is 0 Å². The van der Waals surface area contributed by atoms with Gasteiger partial charge in [0.1, 0.15) is 23.5 Å². The molecule has 0 atom stereocenters. The number of unbranched alkanes of at least 4 members (excludes halogenated alkanes) is 1. The van der Waals surface area contributed by atoms with Crippen LogP contribution in [-0.2, 0) is 16.0 Å². The minimum atomic E-state index is -0.0491. The van der Waals surface area contributed by atoms with Gasteiger partial charge < -0.3 is 23.9 Å². The number of piperidine rings is 1. The first kappa shape index (κ1) is 27.0. The number of halogens is 1. The SMILES string of the molecule is O=C(COCCCCc1nc(N2CCCC2)c2oc3ccccc3c2n1)N1CCC(c2cc(Br)c[nH]c2=O)CC1. The van der Waals surface area contributed by atoms with E-state index in [1.54, 1.807) is 6.20 Å². The van der Waals surface area contributed by atoms with Crippen molar-refractivity contribution < 1.29 is 13.9 Å². The van der Waals surface area contributed by atoms with Crippen molar-refractivity contribution in [3.8, 4) is 0 Å². The average molecular weight is 609 g/mol. The van der Waals surface area contributed by atoms with Gasteiger partial charge in [-0.15, -0.1) is 0 Å². The average Bonchev–Trinajstić information content (AvgIpc) is 3.64. The number of benzene rings is 1. The van der Waals surface area contributed by atoms with Gasteiger partial charge >= 0.3 is 0 Å². The molecule has 2 fully saturated rings. The van der Waals surface area contributed by atoms with Crippen LogP contribution in [-0.4, -0.2) is 65.2 Å². The second-order valence-corrected chi connectivity index (χ2v) is 11.6. The number of H-pyrrole nitrogens is 1. The number of anilines is 1. The fourth-order valence-corrected chi connectivity index (χ4v) is 6.19. The fourth-order valence-electron chi connectivity index (χ4n) is 5.83. The first-order valence-corrected chi connectivity index (χ1v) is 15.0. The molecule has 9 nitrogen and oxygen atoms in total. The van der Waals surface area contributed by atoms with Crippen LogP contribution in [0.1, 0.15) is 55.8 Å². The van der Waals surface area contributed by atoms with E-state index < -0.39 is 0 Å². The number of nitrogens with zero attached hydrogens (tertiary/aromatic N) is 4. The summed E-state index contributed by atoms with van der Waals surface area (Å²) in [6.45, 7) is 3.87. The molecule has 10 heteroatoms. The summed E-state index contributed by atoms with van der Waals surface area (Å²) >= 11 is 3.43. The van der Waals surface area contributed by atoms with Crippen LogP contribution in [0, 0.1) is 0 Å². The van der Waals surface area contributed by atoms with Crippen LogP contribution < -0.4 is 10.5 Å². The van der Waals surface area contributed by atoms with Crippen LogP contribution in [0.5, 0.6) is 0 Å². The summed E-state index contributed by atoms with van der Waals surface area (Å²) in [7, 11) is 0. The van der Waals surface area contributed by atoms with Crippen molar-refractivity contribution in [1.29, 1.82) is 0 Å². The van der Waals surface area contributed by atoms with E-state index in [-0.39, 0.29) is 24.0 Å². The Hall–Kier alpha value is -3.24. The van der Waals surface area contributed by atoms with Crippen LogP contribution in [0.3, 0.4) is 0 Å². The van der Waals surface area contributed by atoms with Crippen molar-refractivity contribution in [2.45, 2.75) is 50.9 Å². The number of ether oxygens (including phenoxy) is 1. The van der Waals surface area contributed by atoms with Gasteiger partial charge in [0.25, 0.3) is 5.56 Å². The van der Waals surface area contributed by atoms with Crippen LogP contribution >= 0.6 is 15.9 Å². The predicted molar refractivity (Wildman–Crippen MR) is 158 cm³/mol. The van der Waals surface area contributed by atoms with Gasteiger partial charge in [0.2, 0.25) is 5.91 Å². The summed E-state index contributed by atoms with van der Waals surface area (Å²) in [6, 6.07) is 9.92. The number of para-hydroxylation sites is 1. The highest BCUT2D eigenvalue weighted by atomic mass is 79.9. The lowest BCUT2D eigenvalue weighted by Gasteiger charge is -2.31. The van der Waals surface area contributed by atoms with Gasteiger partial charge in [-0.1, -0.05) is 12.1 Å². The molecule has 4 aromatic rings. The van der Waals surface area contributed by atoms with Crippen molar-refractivity contribution in [1.82, 2.24) is 19.9 Å². The van der Waals surface area contributed by atoms with E-state index in [1.807, 2.05) is 29.2 Å². The molecule has 1 aromatic carbocycles. The van der Waals surface area contributed by atoms with Gasteiger partial charge in [0, 0.05) is 60.8 Å². The third kappa shape index (κ3) is 5.78. The molecule has 2 aliphatic heterocycles. The molecule has 0 unspecified atom stereocenters. The van der Waals surface area contributed by atoms with Gasteiger partial charge in [-0.25, -0.2) is 9.97 Å². The van der Waals surface area contributed by atoms with Gasteiger partial charge in [-0.2, -0.15) is 0 Å². The number of aryl methyl sites for hydroxylation is 1. The smallest absolute Gasteiger partial charge is 0.251 e. The zero-order chi connectivity index (χ0) is 27.5. The Bertz CT molecular complexity index is 1550.